The van der Waals surface area contributed by atoms with E-state index in [0.29, 0.717) is 31.1 Å². The lowest BCUT2D eigenvalue weighted by Crippen LogP contribution is -2.49. The first-order valence-electron chi connectivity index (χ1n) is 13.4. The molecule has 0 unspecified atom stereocenters. The summed E-state index contributed by atoms with van der Waals surface area (Å²) in [7, 11) is -3.57. The van der Waals surface area contributed by atoms with Gasteiger partial charge in [0.1, 0.15) is 11.6 Å². The lowest BCUT2D eigenvalue weighted by atomic mass is 10.1. The van der Waals surface area contributed by atoms with Crippen LogP contribution in [-0.4, -0.2) is 76.6 Å². The number of para-hydroxylation sites is 1. The Morgan fingerprint density at radius 1 is 0.816 bits per heavy atom. The maximum absolute atomic E-state index is 13.4. The van der Waals surface area contributed by atoms with Gasteiger partial charge in [-0.2, -0.15) is 9.40 Å². The molecular weight excluding hydrogens is 498 g/mol. The molecule has 4 aromatic rings. The Labute approximate surface area is 223 Å². The van der Waals surface area contributed by atoms with E-state index in [1.807, 2.05) is 24.4 Å². The molecule has 2 fully saturated rings. The molecule has 0 amide bonds. The molecule has 2 aliphatic heterocycles. The maximum Gasteiger partial charge on any atom is 0.243 e. The van der Waals surface area contributed by atoms with E-state index in [1.54, 1.807) is 39.4 Å². The molecule has 10 heteroatoms. The zero-order valence-corrected chi connectivity index (χ0v) is 22.5. The highest BCUT2D eigenvalue weighted by atomic mass is 32.2. The topological polar surface area (TPSA) is 87.5 Å². The van der Waals surface area contributed by atoms with Gasteiger partial charge in [-0.05, 0) is 68.7 Å². The first-order chi connectivity index (χ1) is 18.5. The Hall–Kier alpha value is -3.34. The minimum absolute atomic E-state index is 0.0126. The quantitative estimate of drug-likeness (QED) is 0.373. The third kappa shape index (κ3) is 4.79. The molecule has 0 saturated carbocycles. The van der Waals surface area contributed by atoms with Crippen molar-refractivity contribution in [1.29, 1.82) is 0 Å². The van der Waals surface area contributed by atoms with Crippen LogP contribution >= 0.6 is 0 Å². The predicted octanol–water partition coefficient (Wildman–Crippen LogP) is 3.87. The van der Waals surface area contributed by atoms with Gasteiger partial charge in [0.25, 0.3) is 0 Å². The first-order valence-corrected chi connectivity index (χ1v) is 14.8. The molecule has 0 N–H and O–H groups in total. The number of piperazine rings is 1. The average molecular weight is 532 g/mol. The summed E-state index contributed by atoms with van der Waals surface area (Å²) in [4.78, 5) is 15.0. The SMILES string of the molecule is C[C@@H](c1nc(N2CCCCC2)c2ccccc2n1)N1CCN(S(=O)(=O)c2ccc(-n3cccn3)cc2)CC1. The van der Waals surface area contributed by atoms with Gasteiger partial charge in [0.15, 0.2) is 0 Å². The smallest absolute Gasteiger partial charge is 0.243 e. The molecule has 0 radical (unpaired) electrons. The largest absolute Gasteiger partial charge is 0.356 e. The lowest BCUT2D eigenvalue weighted by Gasteiger charge is -2.37. The number of hydrogen-bond donors (Lipinski definition) is 0. The maximum atomic E-state index is 13.4. The normalized spacial score (nSPS) is 18.6. The minimum Gasteiger partial charge on any atom is -0.356 e. The molecule has 2 aromatic carbocycles. The summed E-state index contributed by atoms with van der Waals surface area (Å²) in [6.45, 7) is 6.28. The molecule has 2 aliphatic rings. The van der Waals surface area contributed by atoms with E-state index in [9.17, 15) is 8.42 Å². The van der Waals surface area contributed by atoms with Crippen LogP contribution in [0.1, 0.15) is 38.1 Å². The predicted molar refractivity (Wildman–Crippen MR) is 148 cm³/mol. The molecule has 9 nitrogen and oxygen atoms in total. The Kier molecular flexibility index (Phi) is 6.86. The molecule has 0 spiro atoms. The number of hydrogen-bond acceptors (Lipinski definition) is 7. The summed E-state index contributed by atoms with van der Waals surface area (Å²) < 4.78 is 30.0. The zero-order chi connectivity index (χ0) is 26.1. The van der Waals surface area contributed by atoms with Crippen molar-refractivity contribution < 1.29 is 8.42 Å². The van der Waals surface area contributed by atoms with Crippen LogP contribution in [0.3, 0.4) is 0 Å². The van der Waals surface area contributed by atoms with E-state index in [1.165, 1.54) is 19.3 Å². The second kappa shape index (κ2) is 10.4. The van der Waals surface area contributed by atoms with E-state index in [2.05, 4.69) is 34.0 Å². The lowest BCUT2D eigenvalue weighted by molar-refractivity contribution is 0.141. The van der Waals surface area contributed by atoms with Crippen molar-refractivity contribution in [3.8, 4) is 5.69 Å². The fourth-order valence-electron chi connectivity index (χ4n) is 5.45. The van der Waals surface area contributed by atoms with E-state index in [-0.39, 0.29) is 6.04 Å². The average Bonchev–Trinajstić information content (AvgIpc) is 3.52. The first kappa shape index (κ1) is 25.0. The van der Waals surface area contributed by atoms with Gasteiger partial charge in [-0.15, -0.1) is 0 Å². The fraction of sp³-hybridized carbons (Fsp3) is 0.393. The van der Waals surface area contributed by atoms with Crippen LogP contribution in [0.5, 0.6) is 0 Å². The summed E-state index contributed by atoms with van der Waals surface area (Å²) >= 11 is 0. The number of nitrogens with zero attached hydrogens (tertiary/aromatic N) is 7. The van der Waals surface area contributed by atoms with Gasteiger partial charge in [-0.1, -0.05) is 12.1 Å². The van der Waals surface area contributed by atoms with Crippen molar-refractivity contribution in [1.82, 2.24) is 29.0 Å². The van der Waals surface area contributed by atoms with E-state index in [4.69, 9.17) is 9.97 Å². The summed E-state index contributed by atoms with van der Waals surface area (Å²) in [5, 5.41) is 5.30. The second-order valence-corrected chi connectivity index (χ2v) is 12.0. The molecule has 6 rings (SSSR count). The molecule has 198 valence electrons. The van der Waals surface area contributed by atoms with Gasteiger partial charge < -0.3 is 4.90 Å². The van der Waals surface area contributed by atoms with Gasteiger partial charge in [0.2, 0.25) is 10.0 Å². The molecule has 2 saturated heterocycles. The van der Waals surface area contributed by atoms with Crippen molar-refractivity contribution in [2.45, 2.75) is 37.1 Å². The summed E-state index contributed by atoms with van der Waals surface area (Å²) in [6, 6.07) is 17.0. The fourth-order valence-corrected chi connectivity index (χ4v) is 6.87. The summed E-state index contributed by atoms with van der Waals surface area (Å²) in [5.74, 6) is 1.83. The number of fused-ring (bicyclic) bond motifs is 1. The Morgan fingerprint density at radius 2 is 1.55 bits per heavy atom. The van der Waals surface area contributed by atoms with E-state index < -0.39 is 10.0 Å². The van der Waals surface area contributed by atoms with Crippen LogP contribution < -0.4 is 4.90 Å². The van der Waals surface area contributed by atoms with Crippen molar-refractivity contribution >= 4 is 26.7 Å². The van der Waals surface area contributed by atoms with Crippen LogP contribution in [0.15, 0.2) is 71.9 Å². The molecule has 1 atom stereocenters. The van der Waals surface area contributed by atoms with Crippen molar-refractivity contribution in [2.75, 3.05) is 44.2 Å². The van der Waals surface area contributed by atoms with E-state index >= 15 is 0 Å². The highest BCUT2D eigenvalue weighted by Crippen LogP contribution is 2.30. The van der Waals surface area contributed by atoms with Gasteiger partial charge in [-0.3, -0.25) is 4.90 Å². The summed E-state index contributed by atoms with van der Waals surface area (Å²) in [6.07, 6.45) is 7.17. The van der Waals surface area contributed by atoms with Gasteiger partial charge in [0.05, 0.1) is 22.1 Å². The molecule has 38 heavy (non-hydrogen) atoms. The van der Waals surface area contributed by atoms with Crippen LogP contribution in [0, 0.1) is 0 Å². The Morgan fingerprint density at radius 3 is 2.26 bits per heavy atom. The number of benzene rings is 2. The monoisotopic (exact) mass is 531 g/mol. The zero-order valence-electron chi connectivity index (χ0n) is 21.6. The van der Waals surface area contributed by atoms with Crippen molar-refractivity contribution in [3.63, 3.8) is 0 Å². The van der Waals surface area contributed by atoms with Gasteiger partial charge in [-0.25, -0.2) is 23.1 Å². The minimum atomic E-state index is -3.57. The Balaban J connectivity index is 1.17. The Bertz CT molecular complexity index is 1490. The van der Waals surface area contributed by atoms with Crippen LogP contribution in [0.4, 0.5) is 5.82 Å². The standard InChI is InChI=1S/C28H33N7O2S/c1-22(27-30-26-9-4-3-8-25(26)28(31-27)33-15-5-2-6-16-33)32-18-20-34(21-19-32)38(36,37)24-12-10-23(11-13-24)35-17-7-14-29-35/h3-4,7-14,17,22H,2,5-6,15-16,18-21H2,1H3/t22-/m0/s1. The highest BCUT2D eigenvalue weighted by Gasteiger charge is 2.31. The van der Waals surface area contributed by atoms with Crippen molar-refractivity contribution in [3.05, 3.63) is 72.8 Å². The van der Waals surface area contributed by atoms with Crippen molar-refractivity contribution in [2.24, 2.45) is 0 Å². The number of anilines is 1. The molecule has 2 aromatic heterocycles. The van der Waals surface area contributed by atoms with Crippen LogP contribution in [-0.2, 0) is 10.0 Å². The third-order valence-electron chi connectivity index (χ3n) is 7.69. The third-order valence-corrected chi connectivity index (χ3v) is 9.61. The number of rotatable bonds is 6. The number of piperidine rings is 1. The molecule has 0 aliphatic carbocycles. The van der Waals surface area contributed by atoms with E-state index in [0.717, 1.165) is 41.3 Å². The molecular formula is C28H33N7O2S. The molecule has 4 heterocycles. The molecule has 0 bridgehead atoms. The van der Waals surface area contributed by atoms with Gasteiger partial charge in [0, 0.05) is 57.0 Å². The van der Waals surface area contributed by atoms with Crippen LogP contribution in [0.2, 0.25) is 0 Å². The number of aromatic nitrogens is 4. The second-order valence-electron chi connectivity index (χ2n) is 10.0. The van der Waals surface area contributed by atoms with Gasteiger partial charge >= 0.3 is 0 Å². The summed E-state index contributed by atoms with van der Waals surface area (Å²) in [5.41, 5.74) is 1.79. The number of sulfonamides is 1. The highest BCUT2D eigenvalue weighted by molar-refractivity contribution is 7.89. The van der Waals surface area contributed by atoms with Crippen LogP contribution in [0.25, 0.3) is 16.6 Å².